The molecule has 6 aliphatic rings. The molecule has 6 rings (SSSR count). The van der Waals surface area contributed by atoms with Gasteiger partial charge in [0.2, 0.25) is 11.6 Å². The molecular formula is C31H44F2O11. The molecule has 2 saturated heterocycles. The van der Waals surface area contributed by atoms with E-state index in [9.17, 15) is 35.1 Å². The van der Waals surface area contributed by atoms with E-state index < -0.39 is 108 Å². The number of aliphatic hydroxyl groups is 5. The second kappa shape index (κ2) is 11.1. The number of rotatable bonds is 7. The number of carbonyl (C=O) groups is 2. The summed E-state index contributed by atoms with van der Waals surface area (Å²) in [5.74, 6) is -4.73. The second-order valence-corrected chi connectivity index (χ2v) is 14.2. The van der Waals surface area contributed by atoms with Gasteiger partial charge in [0.1, 0.15) is 42.9 Å². The Hall–Kier alpha value is -1.42. The third kappa shape index (κ3) is 4.45. The molecule has 0 radical (unpaired) electrons. The highest BCUT2D eigenvalue weighted by atomic mass is 19.1. The molecule has 5 fully saturated rings. The van der Waals surface area contributed by atoms with Gasteiger partial charge in [0, 0.05) is 23.7 Å². The van der Waals surface area contributed by atoms with Crippen LogP contribution in [0.15, 0.2) is 11.6 Å². The molecule has 13 heteroatoms. The largest absolute Gasteiger partial charge is 0.394 e. The van der Waals surface area contributed by atoms with Crippen molar-refractivity contribution >= 4 is 11.6 Å². The van der Waals surface area contributed by atoms with Gasteiger partial charge in [0.15, 0.2) is 18.4 Å². The van der Waals surface area contributed by atoms with E-state index in [2.05, 4.69) is 0 Å². The number of fused-ring (bicyclic) bond motifs is 5. The summed E-state index contributed by atoms with van der Waals surface area (Å²) in [5.41, 5.74) is -4.79. The number of allylic oxidation sites excluding steroid dienone is 1. The van der Waals surface area contributed by atoms with E-state index >= 15 is 8.78 Å². The lowest BCUT2D eigenvalue weighted by Gasteiger charge is -2.65. The van der Waals surface area contributed by atoms with Crippen LogP contribution in [0.1, 0.15) is 65.7 Å². The fraction of sp³-hybridized carbons (Fsp3) is 0.871. The minimum Gasteiger partial charge on any atom is -0.394 e. The topological polar surface area (TPSA) is 172 Å². The standard InChI is InChI=1S/C31H44F2O11/c1-4-5-23-43-30(44-23)13-29(3)17(9-21(30)36)18(32)8-16-14-6-7-15(28(14,2)10-22(37)31(16,29)33)19(35)12-41-27-26(40)25(39)24(38)20(11-34)42-27/h9,14-16,18,20,22-27,34,37-40H,4-8,10-13H2,1-3H3/t14?,15-,16?,18-,20-,22-,23?,24-,25+,26-,27-,28+,29+,30?,31-/m1/s1. The van der Waals surface area contributed by atoms with E-state index in [0.717, 1.165) is 12.5 Å². The first-order valence-electron chi connectivity index (χ1n) is 15.7. The first-order valence-corrected chi connectivity index (χ1v) is 15.7. The van der Waals surface area contributed by atoms with E-state index in [-0.39, 0.29) is 30.6 Å². The van der Waals surface area contributed by atoms with E-state index in [1.165, 1.54) is 0 Å². The van der Waals surface area contributed by atoms with E-state index in [0.29, 0.717) is 19.3 Å². The fourth-order valence-corrected chi connectivity index (χ4v) is 9.63. The monoisotopic (exact) mass is 630 g/mol. The van der Waals surface area contributed by atoms with Crippen LogP contribution in [0.2, 0.25) is 0 Å². The highest BCUT2D eigenvalue weighted by Crippen LogP contribution is 2.71. The molecule has 0 aromatic carbocycles. The molecule has 3 saturated carbocycles. The van der Waals surface area contributed by atoms with Gasteiger partial charge >= 0.3 is 0 Å². The first-order chi connectivity index (χ1) is 20.7. The number of hydrogen-bond donors (Lipinski definition) is 5. The van der Waals surface area contributed by atoms with Gasteiger partial charge < -0.3 is 44.5 Å². The Balaban J connectivity index is 1.22. The lowest BCUT2D eigenvalue weighted by molar-refractivity contribution is -0.439. The summed E-state index contributed by atoms with van der Waals surface area (Å²) in [4.78, 5) is 26.6. The smallest absolute Gasteiger partial charge is 0.238 e. The van der Waals surface area contributed by atoms with Gasteiger partial charge in [-0.05, 0) is 55.1 Å². The molecule has 0 bridgehead atoms. The van der Waals surface area contributed by atoms with Gasteiger partial charge in [-0.2, -0.15) is 0 Å². The summed E-state index contributed by atoms with van der Waals surface area (Å²) >= 11 is 0. The lowest BCUT2D eigenvalue weighted by atomic mass is 9.43. The normalized spacial score (nSPS) is 53.4. The molecular weight excluding hydrogens is 586 g/mol. The highest BCUT2D eigenvalue weighted by Gasteiger charge is 2.75. The van der Waals surface area contributed by atoms with Gasteiger partial charge in [-0.25, -0.2) is 8.78 Å². The molecule has 44 heavy (non-hydrogen) atoms. The number of ketones is 2. The SMILES string of the molecule is CCCC1OC2(C[C@@]3(C)C(=CC2=O)[C@H](F)CC2C4CC[C@H](C(=O)CO[C@@H]5O[C@H](CO)[C@@H](O)[C@H](O)[C@H]5O)[C@@]4(C)C[C@@H](O)[C@]23F)O1. The van der Waals surface area contributed by atoms with Crippen molar-refractivity contribution in [3.8, 4) is 0 Å². The molecule has 2 heterocycles. The second-order valence-electron chi connectivity index (χ2n) is 14.2. The minimum absolute atomic E-state index is 0.0132. The molecule has 2 aliphatic heterocycles. The average molecular weight is 631 g/mol. The van der Waals surface area contributed by atoms with Crippen molar-refractivity contribution in [1.82, 2.24) is 0 Å². The maximum absolute atomic E-state index is 17.8. The molecule has 4 aliphatic carbocycles. The Kier molecular flexibility index (Phi) is 8.20. The van der Waals surface area contributed by atoms with Crippen LogP contribution >= 0.6 is 0 Å². The zero-order valence-corrected chi connectivity index (χ0v) is 25.2. The number of halogens is 2. The minimum atomic E-state index is -2.31. The van der Waals surface area contributed by atoms with Gasteiger partial charge in [-0.1, -0.05) is 27.2 Å². The average Bonchev–Trinajstić information content (AvgIpc) is 3.30. The molecule has 5 N–H and O–H groups in total. The van der Waals surface area contributed by atoms with Crippen LogP contribution in [0.25, 0.3) is 0 Å². The Morgan fingerprint density at radius 2 is 1.80 bits per heavy atom. The Bertz CT molecular complexity index is 1190. The molecule has 1 spiro atoms. The van der Waals surface area contributed by atoms with Gasteiger partial charge in [0.05, 0.1) is 12.7 Å². The Morgan fingerprint density at radius 3 is 2.45 bits per heavy atom. The summed E-state index contributed by atoms with van der Waals surface area (Å²) in [7, 11) is 0. The van der Waals surface area contributed by atoms with Crippen LogP contribution in [0, 0.1) is 28.6 Å². The van der Waals surface area contributed by atoms with Crippen LogP contribution in [0.4, 0.5) is 8.78 Å². The van der Waals surface area contributed by atoms with Crippen molar-refractivity contribution in [2.45, 2.75) is 126 Å². The zero-order valence-electron chi connectivity index (χ0n) is 25.2. The van der Waals surface area contributed by atoms with Crippen LogP contribution in [-0.4, -0.2) is 111 Å². The van der Waals surface area contributed by atoms with Crippen LogP contribution < -0.4 is 0 Å². The number of ether oxygens (including phenoxy) is 4. The maximum atomic E-state index is 17.8. The fourth-order valence-electron chi connectivity index (χ4n) is 9.63. The van der Waals surface area contributed by atoms with Gasteiger partial charge in [-0.3, -0.25) is 9.59 Å². The van der Waals surface area contributed by atoms with Gasteiger partial charge in [-0.15, -0.1) is 0 Å². The van der Waals surface area contributed by atoms with Crippen molar-refractivity contribution in [2.24, 2.45) is 28.6 Å². The number of alkyl halides is 2. The van der Waals surface area contributed by atoms with Crippen molar-refractivity contribution < 1.29 is 62.8 Å². The first kappa shape index (κ1) is 32.5. The molecule has 13 atom stereocenters. The Labute approximate surface area is 254 Å². The highest BCUT2D eigenvalue weighted by molar-refractivity contribution is 5.98. The predicted molar refractivity (Wildman–Crippen MR) is 146 cm³/mol. The van der Waals surface area contributed by atoms with Crippen LogP contribution in [0.5, 0.6) is 0 Å². The summed E-state index contributed by atoms with van der Waals surface area (Å²) in [6.07, 6.45) is -8.80. The molecule has 0 aromatic rings. The number of Topliss-reactive ketones (excluding diaryl/α,β-unsaturated/α-hetero) is 1. The summed E-state index contributed by atoms with van der Waals surface area (Å²) in [6.45, 7) is 4.11. The molecule has 0 amide bonds. The van der Waals surface area contributed by atoms with E-state index in [4.69, 9.17) is 18.9 Å². The third-order valence-electron chi connectivity index (χ3n) is 11.9. The molecule has 248 valence electrons. The summed E-state index contributed by atoms with van der Waals surface area (Å²) < 4.78 is 56.4. The van der Waals surface area contributed by atoms with Gasteiger partial charge in [0.25, 0.3) is 0 Å². The zero-order chi connectivity index (χ0) is 32.0. The van der Waals surface area contributed by atoms with Crippen LogP contribution in [0.3, 0.4) is 0 Å². The van der Waals surface area contributed by atoms with Crippen molar-refractivity contribution in [3.05, 3.63) is 11.6 Å². The molecule has 11 nitrogen and oxygen atoms in total. The molecule has 0 aromatic heterocycles. The van der Waals surface area contributed by atoms with Crippen LogP contribution in [-0.2, 0) is 28.5 Å². The van der Waals surface area contributed by atoms with E-state index in [1.807, 2.05) is 13.8 Å². The quantitative estimate of drug-likeness (QED) is 0.272. The number of hydrogen-bond acceptors (Lipinski definition) is 11. The third-order valence-corrected chi connectivity index (χ3v) is 11.9. The number of aliphatic hydroxyl groups excluding tert-OH is 5. The summed E-state index contributed by atoms with van der Waals surface area (Å²) in [5, 5.41) is 51.4. The van der Waals surface area contributed by atoms with Crippen molar-refractivity contribution in [1.29, 1.82) is 0 Å². The molecule has 2 unspecified atom stereocenters. The number of carbonyl (C=O) groups excluding carboxylic acids is 2. The maximum Gasteiger partial charge on any atom is 0.238 e. The summed E-state index contributed by atoms with van der Waals surface area (Å²) in [6, 6.07) is 0. The van der Waals surface area contributed by atoms with Crippen molar-refractivity contribution in [3.63, 3.8) is 0 Å². The van der Waals surface area contributed by atoms with Crippen molar-refractivity contribution in [2.75, 3.05) is 13.2 Å². The Morgan fingerprint density at radius 1 is 1.09 bits per heavy atom. The lowest BCUT2D eigenvalue weighted by Crippen LogP contribution is -2.73. The predicted octanol–water partition coefficient (Wildman–Crippen LogP) is 1.01. The van der Waals surface area contributed by atoms with E-state index in [1.54, 1.807) is 6.92 Å².